The highest BCUT2D eigenvalue weighted by atomic mass is 16.5. The summed E-state index contributed by atoms with van der Waals surface area (Å²) in [6.45, 7) is 8.39. The van der Waals surface area contributed by atoms with Gasteiger partial charge in [0.2, 0.25) is 0 Å². The highest BCUT2D eigenvalue weighted by Crippen LogP contribution is 2.21. The van der Waals surface area contributed by atoms with Crippen LogP contribution in [0.25, 0.3) is 10.9 Å². The summed E-state index contributed by atoms with van der Waals surface area (Å²) < 4.78 is 7.07. The Bertz CT molecular complexity index is 882. The predicted molar refractivity (Wildman–Crippen MR) is 116 cm³/mol. The molecule has 2 aliphatic heterocycles. The average Bonchev–Trinajstić information content (AvgIpc) is 3.15. The summed E-state index contributed by atoms with van der Waals surface area (Å²) in [5.41, 5.74) is 4.84. The number of aromatic nitrogens is 1. The lowest BCUT2D eigenvalue weighted by atomic mass is 10.1. The van der Waals surface area contributed by atoms with E-state index in [1.165, 1.54) is 0 Å². The molecule has 0 atom stereocenters. The number of likely N-dealkylation sites (N-methyl/N-ethyl adjacent to an activating group) is 1. The number of benzene rings is 1. The van der Waals surface area contributed by atoms with Crippen LogP contribution in [0.1, 0.15) is 6.42 Å². The molecule has 1 fully saturated rings. The van der Waals surface area contributed by atoms with E-state index in [4.69, 9.17) is 4.74 Å². The number of methoxy groups -OCH3 is 1. The molecule has 0 unspecified atom stereocenters. The molecule has 7 heteroatoms. The highest BCUT2D eigenvalue weighted by Gasteiger charge is 2.20. The summed E-state index contributed by atoms with van der Waals surface area (Å²) in [5, 5.41) is 1.04. The van der Waals surface area contributed by atoms with E-state index in [9.17, 15) is 4.79 Å². The number of ether oxygens (including phenoxy) is 1. The molecule has 4 rings (SSSR count). The molecule has 0 radical (unpaired) electrons. The number of rotatable bonds is 6. The zero-order chi connectivity index (χ0) is 20.2. The minimum Gasteiger partial charge on any atom is -0.497 e. The molecule has 1 N–H and O–H groups in total. The molecule has 3 heterocycles. The van der Waals surface area contributed by atoms with Crippen molar-refractivity contribution in [1.29, 1.82) is 0 Å². The van der Waals surface area contributed by atoms with Crippen molar-refractivity contribution in [3.05, 3.63) is 42.1 Å². The van der Waals surface area contributed by atoms with Crippen molar-refractivity contribution >= 4 is 16.8 Å². The van der Waals surface area contributed by atoms with Crippen LogP contribution in [0.2, 0.25) is 0 Å². The van der Waals surface area contributed by atoms with Crippen molar-refractivity contribution in [2.45, 2.75) is 6.42 Å². The Kier molecular flexibility index (Phi) is 6.18. The Labute approximate surface area is 172 Å². The van der Waals surface area contributed by atoms with Crippen molar-refractivity contribution in [2.75, 3.05) is 71.9 Å². The first kappa shape index (κ1) is 19.9. The third kappa shape index (κ3) is 4.80. The standard InChI is InChI=1S/C22H31N5O2/c1-24-10-12-25(13-11-24)14-15-26-8-3-4-19(17-26)22(28)23-27-9-7-18-16-20(29-2)5-6-21(18)27/h4-7,9,16H,3,8,10-15,17H2,1-2H3,(H,23,28). The van der Waals surface area contributed by atoms with Crippen molar-refractivity contribution in [1.82, 2.24) is 19.4 Å². The molecule has 1 amide bonds. The molecule has 29 heavy (non-hydrogen) atoms. The van der Waals surface area contributed by atoms with Gasteiger partial charge < -0.3 is 9.64 Å². The molecule has 1 saturated heterocycles. The summed E-state index contributed by atoms with van der Waals surface area (Å²) in [4.78, 5) is 20.2. The van der Waals surface area contributed by atoms with Crippen LogP contribution in [0, 0.1) is 0 Å². The maximum atomic E-state index is 12.9. The van der Waals surface area contributed by atoms with Crippen LogP contribution in [0.5, 0.6) is 5.75 Å². The SMILES string of the molecule is COc1ccc2c(ccn2NC(=O)C2=CCCN(CCN3CCN(C)CC3)C2)c1. The Balaban J connectivity index is 1.32. The lowest BCUT2D eigenvalue weighted by molar-refractivity contribution is -0.114. The maximum absolute atomic E-state index is 12.9. The predicted octanol–water partition coefficient (Wildman–Crippen LogP) is 1.60. The normalized spacial score (nSPS) is 19.3. The lowest BCUT2D eigenvalue weighted by Crippen LogP contribution is -2.47. The number of carbonyl (C=O) groups excluding carboxylic acids is 1. The van der Waals surface area contributed by atoms with Gasteiger partial charge in [0.1, 0.15) is 5.75 Å². The fourth-order valence-electron chi connectivity index (χ4n) is 4.04. The summed E-state index contributed by atoms with van der Waals surface area (Å²) in [5.74, 6) is 0.787. The van der Waals surface area contributed by atoms with Crippen molar-refractivity contribution < 1.29 is 9.53 Å². The van der Waals surface area contributed by atoms with Gasteiger partial charge in [-0.3, -0.25) is 24.7 Å². The fraction of sp³-hybridized carbons (Fsp3) is 0.500. The minimum atomic E-state index is -0.0254. The largest absolute Gasteiger partial charge is 0.497 e. The van der Waals surface area contributed by atoms with E-state index in [0.717, 1.165) is 74.5 Å². The first-order valence-electron chi connectivity index (χ1n) is 10.4. The third-order valence-electron chi connectivity index (χ3n) is 5.97. The van der Waals surface area contributed by atoms with Crippen LogP contribution in [0.15, 0.2) is 42.1 Å². The third-order valence-corrected chi connectivity index (χ3v) is 5.97. The van der Waals surface area contributed by atoms with Crippen molar-refractivity contribution in [3.63, 3.8) is 0 Å². The van der Waals surface area contributed by atoms with Crippen LogP contribution < -0.4 is 10.2 Å². The summed E-state index contributed by atoms with van der Waals surface area (Å²) in [6, 6.07) is 7.82. The van der Waals surface area contributed by atoms with Gasteiger partial charge in [-0.25, -0.2) is 0 Å². The van der Waals surface area contributed by atoms with Gasteiger partial charge in [0.25, 0.3) is 5.91 Å². The van der Waals surface area contributed by atoms with Gasteiger partial charge in [-0.1, -0.05) is 6.08 Å². The molecular weight excluding hydrogens is 366 g/mol. The Hall–Kier alpha value is -2.35. The number of piperazine rings is 1. The molecule has 1 aromatic heterocycles. The molecule has 7 nitrogen and oxygen atoms in total. The van der Waals surface area contributed by atoms with Gasteiger partial charge in [0.15, 0.2) is 0 Å². The maximum Gasteiger partial charge on any atom is 0.267 e. The minimum absolute atomic E-state index is 0.0254. The molecule has 0 bridgehead atoms. The molecule has 2 aliphatic rings. The van der Waals surface area contributed by atoms with E-state index >= 15 is 0 Å². The Morgan fingerprint density at radius 2 is 1.86 bits per heavy atom. The van der Waals surface area contributed by atoms with E-state index < -0.39 is 0 Å². The van der Waals surface area contributed by atoms with Crippen molar-refractivity contribution in [2.24, 2.45) is 0 Å². The van der Waals surface area contributed by atoms with Crippen LogP contribution in [-0.4, -0.2) is 91.8 Å². The van der Waals surface area contributed by atoms with E-state index in [-0.39, 0.29) is 5.91 Å². The van der Waals surface area contributed by atoms with Gasteiger partial charge in [-0.15, -0.1) is 0 Å². The van der Waals surface area contributed by atoms with Crippen LogP contribution >= 0.6 is 0 Å². The second-order valence-electron chi connectivity index (χ2n) is 7.99. The van der Waals surface area contributed by atoms with Gasteiger partial charge in [-0.05, 0) is 37.7 Å². The summed E-state index contributed by atoms with van der Waals surface area (Å²) >= 11 is 0. The summed E-state index contributed by atoms with van der Waals surface area (Å²) in [6.07, 6.45) is 4.89. The molecule has 2 aromatic rings. The van der Waals surface area contributed by atoms with E-state index in [2.05, 4.69) is 33.2 Å². The van der Waals surface area contributed by atoms with E-state index in [1.807, 2.05) is 30.5 Å². The lowest BCUT2D eigenvalue weighted by Gasteiger charge is -2.34. The fourth-order valence-corrected chi connectivity index (χ4v) is 4.04. The van der Waals surface area contributed by atoms with Gasteiger partial charge in [0.05, 0.1) is 12.6 Å². The quantitative estimate of drug-likeness (QED) is 0.803. The Morgan fingerprint density at radius 3 is 2.66 bits per heavy atom. The van der Waals surface area contributed by atoms with Gasteiger partial charge in [-0.2, -0.15) is 0 Å². The molecule has 0 aliphatic carbocycles. The first-order chi connectivity index (χ1) is 14.1. The van der Waals surface area contributed by atoms with Crippen LogP contribution in [0.3, 0.4) is 0 Å². The number of amides is 1. The molecular formula is C22H31N5O2. The number of hydrogen-bond acceptors (Lipinski definition) is 5. The second-order valence-corrected chi connectivity index (χ2v) is 7.99. The van der Waals surface area contributed by atoms with E-state index in [0.29, 0.717) is 6.54 Å². The molecule has 0 spiro atoms. The average molecular weight is 398 g/mol. The molecule has 1 aromatic carbocycles. The van der Waals surface area contributed by atoms with Gasteiger partial charge in [0, 0.05) is 69.5 Å². The molecule has 0 saturated carbocycles. The first-order valence-corrected chi connectivity index (χ1v) is 10.4. The topological polar surface area (TPSA) is 53.0 Å². The zero-order valence-corrected chi connectivity index (χ0v) is 17.4. The van der Waals surface area contributed by atoms with Crippen LogP contribution in [0.4, 0.5) is 0 Å². The van der Waals surface area contributed by atoms with Crippen molar-refractivity contribution in [3.8, 4) is 5.75 Å². The van der Waals surface area contributed by atoms with Gasteiger partial charge >= 0.3 is 0 Å². The van der Waals surface area contributed by atoms with E-state index in [1.54, 1.807) is 11.8 Å². The van der Waals surface area contributed by atoms with Crippen LogP contribution in [-0.2, 0) is 4.79 Å². The molecule has 156 valence electrons. The smallest absolute Gasteiger partial charge is 0.267 e. The summed E-state index contributed by atoms with van der Waals surface area (Å²) in [7, 11) is 3.84. The monoisotopic (exact) mass is 397 g/mol. The Morgan fingerprint density at radius 1 is 1.07 bits per heavy atom. The number of fused-ring (bicyclic) bond motifs is 1. The zero-order valence-electron chi connectivity index (χ0n) is 17.4. The highest BCUT2D eigenvalue weighted by molar-refractivity contribution is 6.00. The number of nitrogens with one attached hydrogen (secondary N) is 1. The number of hydrogen-bond donors (Lipinski definition) is 1. The second kappa shape index (κ2) is 8.98. The number of carbonyl (C=O) groups is 1. The number of nitrogens with zero attached hydrogens (tertiary/aromatic N) is 4.